The second kappa shape index (κ2) is 16.2. The lowest BCUT2D eigenvalue weighted by Crippen LogP contribution is -2.53. The van der Waals surface area contributed by atoms with Crippen LogP contribution in [0.1, 0.15) is 74.2 Å². The van der Waals surface area contributed by atoms with E-state index in [9.17, 15) is 14.4 Å². The largest absolute Gasteiger partial charge is 0.792 e. The fourth-order valence-corrected chi connectivity index (χ4v) is 8.04. The third-order valence-corrected chi connectivity index (χ3v) is 10.5. The monoisotopic (exact) mass is 749 g/mol. The molecule has 0 amide bonds. The van der Waals surface area contributed by atoms with E-state index in [1.54, 1.807) is 6.20 Å². The highest BCUT2D eigenvalue weighted by Crippen LogP contribution is 2.43. The molecule has 9 nitrogen and oxygen atoms in total. The van der Waals surface area contributed by atoms with Gasteiger partial charge in [0, 0.05) is 50.8 Å². The number of benzene rings is 4. The van der Waals surface area contributed by atoms with E-state index < -0.39 is 36.0 Å². The summed E-state index contributed by atoms with van der Waals surface area (Å²) >= 11 is 7.24. The predicted octanol–water partition coefficient (Wildman–Crippen LogP) is 7.70. The smallest absolute Gasteiger partial charge is 0.474 e. The maximum atomic E-state index is 16.6. The molecular weight excluding hydrogens is 708 g/mol. The zero-order chi connectivity index (χ0) is 37.8. The van der Waals surface area contributed by atoms with Gasteiger partial charge in [-0.05, 0) is 48.4 Å². The maximum Gasteiger partial charge on any atom is 0.792 e. The molecule has 2 fully saturated rings. The zero-order valence-corrected chi connectivity index (χ0v) is 31.1. The molecule has 1 saturated carbocycles. The summed E-state index contributed by atoms with van der Waals surface area (Å²) in [6, 6.07) is 32.5. The highest BCUT2D eigenvalue weighted by Gasteiger charge is 2.39. The number of hydrogen-bond acceptors (Lipinski definition) is 8. The third kappa shape index (κ3) is 7.80. The van der Waals surface area contributed by atoms with Crippen LogP contribution in [-0.4, -0.2) is 43.0 Å². The molecule has 7 rings (SSSR count). The second-order valence-electron chi connectivity index (χ2n) is 14.0. The van der Waals surface area contributed by atoms with Gasteiger partial charge in [0.2, 0.25) is 0 Å². The van der Waals surface area contributed by atoms with Crippen molar-refractivity contribution in [3.63, 3.8) is 0 Å². The van der Waals surface area contributed by atoms with Gasteiger partial charge in [0.15, 0.2) is 5.43 Å². The minimum atomic E-state index is -1.64. The Kier molecular flexibility index (Phi) is 11.2. The number of nitrogens with one attached hydrogen (secondary N) is 1. The van der Waals surface area contributed by atoms with Crippen molar-refractivity contribution in [2.24, 2.45) is 0 Å². The molecule has 2 heterocycles. The van der Waals surface area contributed by atoms with Crippen molar-refractivity contribution in [1.82, 2.24) is 9.88 Å². The van der Waals surface area contributed by atoms with Crippen molar-refractivity contribution in [1.29, 1.82) is 0 Å². The van der Waals surface area contributed by atoms with E-state index in [1.807, 2.05) is 27.7 Å². The molecule has 5 aromatic rings. The summed E-state index contributed by atoms with van der Waals surface area (Å²) < 4.78 is 33.9. The molecule has 54 heavy (non-hydrogen) atoms. The molecule has 1 N–H and O–H groups in total. The molecule has 0 unspecified atom stereocenters. The lowest BCUT2D eigenvalue weighted by atomic mass is 9.76. The second-order valence-corrected chi connectivity index (χ2v) is 14.4. The van der Waals surface area contributed by atoms with Crippen LogP contribution in [-0.2, 0) is 35.7 Å². The number of hydrogen-bond donors (Lipinski definition) is 1. The van der Waals surface area contributed by atoms with E-state index in [0.29, 0.717) is 18.6 Å². The number of aromatic nitrogens is 1. The summed E-state index contributed by atoms with van der Waals surface area (Å²) in [6.07, 6.45) is 6.00. The van der Waals surface area contributed by atoms with E-state index in [0.717, 1.165) is 62.6 Å². The van der Waals surface area contributed by atoms with Gasteiger partial charge in [-0.25, -0.2) is 4.39 Å². The Morgan fingerprint density at radius 1 is 0.870 bits per heavy atom. The highest BCUT2D eigenvalue weighted by molar-refractivity contribution is 6.41. The van der Waals surface area contributed by atoms with Crippen LogP contribution in [0.3, 0.4) is 0 Å². The van der Waals surface area contributed by atoms with Crippen LogP contribution < -0.4 is 15.6 Å². The highest BCUT2D eigenvalue weighted by atomic mass is 35.5. The first kappa shape index (κ1) is 37.4. The van der Waals surface area contributed by atoms with Crippen LogP contribution in [0.4, 0.5) is 10.1 Å². The Bertz CT molecular complexity index is 2070. The lowest BCUT2D eigenvalue weighted by Gasteiger charge is -2.41. The number of carbonyl (C=O) groups is 2. The van der Waals surface area contributed by atoms with Crippen LogP contribution in [0.25, 0.3) is 10.9 Å². The normalized spacial score (nSPS) is 16.1. The van der Waals surface area contributed by atoms with Gasteiger partial charge in [0.1, 0.15) is 5.82 Å². The molecule has 1 atom stereocenters. The summed E-state index contributed by atoms with van der Waals surface area (Å²) in [6.45, 7) is 3.01. The summed E-state index contributed by atoms with van der Waals surface area (Å²) in [7, 11) is -1.64. The first-order valence-electron chi connectivity index (χ1n) is 18.4. The van der Waals surface area contributed by atoms with Crippen LogP contribution >= 0.6 is 11.6 Å². The first-order valence-corrected chi connectivity index (χ1v) is 18.7. The number of carbonyl (C=O) groups excluding carboxylic acids is 2. The van der Waals surface area contributed by atoms with Gasteiger partial charge in [-0.2, -0.15) is 0 Å². The number of fused-ring (bicyclic) bond motifs is 1. The minimum Gasteiger partial charge on any atom is -0.474 e. The fourth-order valence-electron chi connectivity index (χ4n) is 7.63. The van der Waals surface area contributed by atoms with Crippen molar-refractivity contribution in [2.75, 3.05) is 18.0 Å². The van der Waals surface area contributed by atoms with Gasteiger partial charge in [-0.3, -0.25) is 19.7 Å². The molecule has 4 aromatic carbocycles. The Morgan fingerprint density at radius 2 is 1.43 bits per heavy atom. The summed E-state index contributed by atoms with van der Waals surface area (Å²) in [5, 5.41) is 4.40. The molecule has 12 heteroatoms. The SMILES string of the molecule is CC(=O)OB(OCc1cn(C2CC2)c2c(Cl)c(N3CCCC[C@@H](NC(c4ccccc4)(c4ccccc4)c4ccccc4)C3)c(F)cc2c1=O)OC(C)=O. The van der Waals surface area contributed by atoms with Crippen LogP contribution in [0.5, 0.6) is 0 Å². The Hall–Kier alpha value is -4.97. The molecule has 1 aliphatic carbocycles. The lowest BCUT2D eigenvalue weighted by molar-refractivity contribution is -0.141. The van der Waals surface area contributed by atoms with Gasteiger partial charge in [-0.15, -0.1) is 0 Å². The Morgan fingerprint density at radius 3 is 1.94 bits per heavy atom. The number of pyridine rings is 1. The van der Waals surface area contributed by atoms with Crippen molar-refractivity contribution in [3.05, 3.63) is 147 Å². The number of nitrogens with zero attached hydrogens (tertiary/aromatic N) is 2. The molecule has 2 aliphatic rings. The minimum absolute atomic E-state index is 0.0576. The van der Waals surface area contributed by atoms with E-state index >= 15 is 4.39 Å². The van der Waals surface area contributed by atoms with Gasteiger partial charge < -0.3 is 23.4 Å². The average Bonchev–Trinajstić information content (AvgIpc) is 4.03. The number of anilines is 1. The van der Waals surface area contributed by atoms with Crippen LogP contribution in [0.15, 0.2) is 108 Å². The number of rotatable bonds is 12. The zero-order valence-electron chi connectivity index (χ0n) is 30.3. The standard InChI is InChI=1S/C42H42BClFN3O6/c1-28(49)53-43(54-29(2)50)52-27-30-25-48(35-21-22-35)39-36(41(30)51)24-37(45)40(38(39)44)47-23-13-12-20-34(26-47)46-42(31-14-6-3-7-15-31,32-16-8-4-9-17-32)33-18-10-5-11-19-33/h3-11,14-19,24-25,34-35,46H,12-13,20-23,26-27H2,1-2H3/t34-/m1/s1. The van der Waals surface area contributed by atoms with E-state index in [4.69, 9.17) is 25.6 Å². The van der Waals surface area contributed by atoms with Crippen LogP contribution in [0.2, 0.25) is 5.02 Å². The third-order valence-electron chi connectivity index (χ3n) is 10.1. The molecule has 0 radical (unpaired) electrons. The maximum absolute atomic E-state index is 16.6. The van der Waals surface area contributed by atoms with E-state index in [2.05, 4.69) is 78.1 Å². The van der Waals surface area contributed by atoms with Crippen molar-refractivity contribution in [3.8, 4) is 0 Å². The fraction of sp³-hybridized carbons (Fsp3) is 0.310. The van der Waals surface area contributed by atoms with Gasteiger partial charge in [0.25, 0.3) is 11.9 Å². The van der Waals surface area contributed by atoms with Gasteiger partial charge in [0.05, 0.1) is 33.8 Å². The average molecular weight is 750 g/mol. The molecule has 0 spiro atoms. The number of halogens is 2. The van der Waals surface area contributed by atoms with E-state index in [-0.39, 0.29) is 40.4 Å². The van der Waals surface area contributed by atoms with E-state index in [1.165, 1.54) is 6.07 Å². The molecule has 1 saturated heterocycles. The first-order chi connectivity index (χ1) is 26.2. The molecule has 0 bridgehead atoms. The van der Waals surface area contributed by atoms with Crippen molar-refractivity contribution >= 4 is 47.5 Å². The van der Waals surface area contributed by atoms with Gasteiger partial charge in [-0.1, -0.05) is 109 Å². The summed E-state index contributed by atoms with van der Waals surface area (Å²) in [5.74, 6) is -2.05. The summed E-state index contributed by atoms with van der Waals surface area (Å²) in [5.41, 5.74) is 3.00. The topological polar surface area (TPSA) is 99.1 Å². The van der Waals surface area contributed by atoms with Crippen molar-refractivity contribution < 1.29 is 27.9 Å². The predicted molar refractivity (Wildman–Crippen MR) is 208 cm³/mol. The Balaban J connectivity index is 1.26. The molecule has 1 aliphatic heterocycles. The van der Waals surface area contributed by atoms with Crippen LogP contribution in [0, 0.1) is 5.82 Å². The van der Waals surface area contributed by atoms with Crippen molar-refractivity contribution in [2.45, 2.75) is 70.2 Å². The molecule has 1 aromatic heterocycles. The molecule has 278 valence electrons. The molecular formula is C42H42BClFN3O6. The summed E-state index contributed by atoms with van der Waals surface area (Å²) in [4.78, 5) is 39.0. The Labute approximate surface area is 319 Å². The quantitative estimate of drug-likeness (QED) is 0.102. The van der Waals surface area contributed by atoms with Gasteiger partial charge >= 0.3 is 7.32 Å².